The summed E-state index contributed by atoms with van der Waals surface area (Å²) in [4.78, 5) is 0. The van der Waals surface area contributed by atoms with Crippen molar-refractivity contribution in [1.82, 2.24) is 0 Å². The van der Waals surface area contributed by atoms with Gasteiger partial charge in [0.25, 0.3) is 0 Å². The lowest BCUT2D eigenvalue weighted by atomic mass is 9.74. The standard InChI is InChI=1S/C30H54/c1-7-13-20-25(17-10-4)28-23-16-24-29(26(18-11-5)21-14-8-2)30(28)27(19-12-6)22-15-9-3/h16,23-27H,7-15,17-22H2,1-6H3. The van der Waals surface area contributed by atoms with Crippen molar-refractivity contribution in [2.45, 2.75) is 156 Å². The highest BCUT2D eigenvalue weighted by Gasteiger charge is 2.25. The van der Waals surface area contributed by atoms with Crippen LogP contribution in [-0.2, 0) is 0 Å². The third kappa shape index (κ3) is 8.76. The molecule has 0 saturated heterocycles. The molecule has 0 radical (unpaired) electrons. The van der Waals surface area contributed by atoms with Crippen LogP contribution in [0.4, 0.5) is 0 Å². The first-order valence-corrected chi connectivity index (χ1v) is 13.8. The van der Waals surface area contributed by atoms with E-state index in [0.29, 0.717) is 0 Å². The summed E-state index contributed by atoms with van der Waals surface area (Å²) in [5, 5.41) is 0. The number of rotatable bonds is 18. The molecule has 0 aromatic heterocycles. The van der Waals surface area contributed by atoms with Crippen molar-refractivity contribution in [2.24, 2.45) is 0 Å². The molecule has 0 aliphatic rings. The highest BCUT2D eigenvalue weighted by Crippen LogP contribution is 2.43. The van der Waals surface area contributed by atoms with Crippen LogP contribution in [0.15, 0.2) is 18.2 Å². The van der Waals surface area contributed by atoms with Gasteiger partial charge in [0.05, 0.1) is 0 Å². The van der Waals surface area contributed by atoms with E-state index in [0.717, 1.165) is 17.8 Å². The van der Waals surface area contributed by atoms with E-state index in [2.05, 4.69) is 59.7 Å². The zero-order chi connectivity index (χ0) is 22.2. The Hall–Kier alpha value is -0.780. The van der Waals surface area contributed by atoms with Crippen LogP contribution in [0.5, 0.6) is 0 Å². The molecule has 0 fully saturated rings. The molecule has 1 rings (SSSR count). The summed E-state index contributed by atoms with van der Waals surface area (Å²) in [6.07, 6.45) is 20.2. The summed E-state index contributed by atoms with van der Waals surface area (Å²) in [7, 11) is 0. The summed E-state index contributed by atoms with van der Waals surface area (Å²) in [5.74, 6) is 2.29. The largest absolute Gasteiger partial charge is 0.0654 e. The average Bonchev–Trinajstić information content (AvgIpc) is 2.76. The van der Waals surface area contributed by atoms with Crippen molar-refractivity contribution >= 4 is 0 Å². The Balaban J connectivity index is 3.52. The van der Waals surface area contributed by atoms with E-state index in [9.17, 15) is 0 Å². The monoisotopic (exact) mass is 414 g/mol. The molecule has 1 aromatic rings. The third-order valence-electron chi connectivity index (χ3n) is 7.09. The average molecular weight is 415 g/mol. The smallest absolute Gasteiger partial charge is 0.0156 e. The Morgan fingerprint density at radius 3 is 1.20 bits per heavy atom. The first-order chi connectivity index (χ1) is 14.7. The minimum Gasteiger partial charge on any atom is -0.0654 e. The molecule has 0 saturated carbocycles. The molecular weight excluding hydrogens is 360 g/mol. The van der Waals surface area contributed by atoms with E-state index in [1.807, 2.05) is 5.56 Å². The molecule has 3 unspecified atom stereocenters. The van der Waals surface area contributed by atoms with Crippen LogP contribution in [0, 0.1) is 0 Å². The SMILES string of the molecule is CCCCC(CCC)c1cccc(C(CCC)CCCC)c1C(CCC)CCCC. The van der Waals surface area contributed by atoms with E-state index in [4.69, 9.17) is 0 Å². The molecule has 174 valence electrons. The first-order valence-electron chi connectivity index (χ1n) is 13.8. The van der Waals surface area contributed by atoms with Gasteiger partial charge in [0.1, 0.15) is 0 Å². The molecule has 0 aliphatic carbocycles. The molecule has 0 heterocycles. The molecule has 0 nitrogen and oxygen atoms in total. The summed E-state index contributed by atoms with van der Waals surface area (Å²) in [6.45, 7) is 14.2. The topological polar surface area (TPSA) is 0 Å². The minimum atomic E-state index is 0.763. The number of hydrogen-bond acceptors (Lipinski definition) is 0. The molecule has 0 spiro atoms. The van der Waals surface area contributed by atoms with Gasteiger partial charge in [-0.15, -0.1) is 0 Å². The van der Waals surface area contributed by atoms with Crippen LogP contribution in [0.25, 0.3) is 0 Å². The van der Waals surface area contributed by atoms with Gasteiger partial charge >= 0.3 is 0 Å². The summed E-state index contributed by atoms with van der Waals surface area (Å²) in [6, 6.07) is 7.48. The Bertz CT molecular complexity index is 493. The molecule has 30 heavy (non-hydrogen) atoms. The second-order valence-corrected chi connectivity index (χ2v) is 9.73. The van der Waals surface area contributed by atoms with Crippen LogP contribution in [0.1, 0.15) is 172 Å². The van der Waals surface area contributed by atoms with E-state index in [-0.39, 0.29) is 0 Å². The maximum absolute atomic E-state index is 2.53. The van der Waals surface area contributed by atoms with Gasteiger partial charge in [-0.25, -0.2) is 0 Å². The van der Waals surface area contributed by atoms with Gasteiger partial charge in [-0.3, -0.25) is 0 Å². The maximum Gasteiger partial charge on any atom is -0.0156 e. The molecular formula is C30H54. The van der Waals surface area contributed by atoms with Gasteiger partial charge < -0.3 is 0 Å². The summed E-state index contributed by atoms with van der Waals surface area (Å²) >= 11 is 0. The van der Waals surface area contributed by atoms with Crippen molar-refractivity contribution in [2.75, 3.05) is 0 Å². The van der Waals surface area contributed by atoms with Crippen LogP contribution in [-0.4, -0.2) is 0 Å². The number of unbranched alkanes of at least 4 members (excludes halogenated alkanes) is 3. The fourth-order valence-corrected chi connectivity index (χ4v) is 5.53. The lowest BCUT2D eigenvalue weighted by Gasteiger charge is -2.31. The Morgan fingerprint density at radius 1 is 0.467 bits per heavy atom. The number of hydrogen-bond donors (Lipinski definition) is 0. The van der Waals surface area contributed by atoms with Crippen molar-refractivity contribution in [3.63, 3.8) is 0 Å². The molecule has 0 aliphatic heterocycles. The van der Waals surface area contributed by atoms with Crippen LogP contribution < -0.4 is 0 Å². The molecule has 3 atom stereocenters. The molecule has 0 heteroatoms. The van der Waals surface area contributed by atoms with Crippen molar-refractivity contribution in [3.8, 4) is 0 Å². The molecule has 0 amide bonds. The molecule has 1 aromatic carbocycles. The fraction of sp³-hybridized carbons (Fsp3) is 0.800. The highest BCUT2D eigenvalue weighted by atomic mass is 14.3. The van der Waals surface area contributed by atoms with Crippen molar-refractivity contribution < 1.29 is 0 Å². The van der Waals surface area contributed by atoms with E-state index >= 15 is 0 Å². The predicted molar refractivity (Wildman–Crippen MR) is 138 cm³/mol. The first kappa shape index (κ1) is 27.3. The second kappa shape index (κ2) is 16.9. The van der Waals surface area contributed by atoms with Crippen LogP contribution >= 0.6 is 0 Å². The predicted octanol–water partition coefficient (Wildman–Crippen LogP) is 10.9. The van der Waals surface area contributed by atoms with Gasteiger partial charge in [0.15, 0.2) is 0 Å². The van der Waals surface area contributed by atoms with E-state index < -0.39 is 0 Å². The highest BCUT2D eigenvalue weighted by molar-refractivity contribution is 5.42. The quantitative estimate of drug-likeness (QED) is 0.224. The zero-order valence-corrected chi connectivity index (χ0v) is 21.6. The van der Waals surface area contributed by atoms with E-state index in [1.54, 1.807) is 11.1 Å². The molecule has 0 bridgehead atoms. The second-order valence-electron chi connectivity index (χ2n) is 9.73. The summed E-state index contributed by atoms with van der Waals surface area (Å²) in [5.41, 5.74) is 5.31. The van der Waals surface area contributed by atoms with Crippen LogP contribution in [0.2, 0.25) is 0 Å². The number of benzene rings is 1. The zero-order valence-electron chi connectivity index (χ0n) is 21.6. The lowest BCUT2D eigenvalue weighted by Crippen LogP contribution is -2.14. The molecule has 0 N–H and O–H groups in total. The normalized spacial score (nSPS) is 14.6. The third-order valence-corrected chi connectivity index (χ3v) is 7.09. The fourth-order valence-electron chi connectivity index (χ4n) is 5.53. The van der Waals surface area contributed by atoms with Gasteiger partial charge in [-0.2, -0.15) is 0 Å². The van der Waals surface area contributed by atoms with Gasteiger partial charge in [-0.1, -0.05) is 118 Å². The lowest BCUT2D eigenvalue weighted by molar-refractivity contribution is 0.487. The maximum atomic E-state index is 2.53. The van der Waals surface area contributed by atoms with Crippen LogP contribution in [0.3, 0.4) is 0 Å². The van der Waals surface area contributed by atoms with E-state index in [1.165, 1.54) is 96.3 Å². The van der Waals surface area contributed by atoms with Gasteiger partial charge in [0.2, 0.25) is 0 Å². The van der Waals surface area contributed by atoms with Gasteiger partial charge in [0, 0.05) is 0 Å². The summed E-state index contributed by atoms with van der Waals surface area (Å²) < 4.78 is 0. The Labute approximate surface area is 190 Å². The Kier molecular flexibility index (Phi) is 15.3. The van der Waals surface area contributed by atoms with Crippen molar-refractivity contribution in [1.29, 1.82) is 0 Å². The van der Waals surface area contributed by atoms with Crippen molar-refractivity contribution in [3.05, 3.63) is 34.9 Å². The minimum absolute atomic E-state index is 0.763. The Morgan fingerprint density at radius 2 is 0.833 bits per heavy atom. The van der Waals surface area contributed by atoms with Gasteiger partial charge in [-0.05, 0) is 73.0 Å².